The Morgan fingerprint density at radius 2 is 2.40 bits per heavy atom. The van der Waals surface area contributed by atoms with Crippen molar-refractivity contribution in [2.75, 3.05) is 20.6 Å². The zero-order valence-corrected chi connectivity index (χ0v) is 9.45. The highest BCUT2D eigenvalue weighted by Crippen LogP contribution is 2.06. The summed E-state index contributed by atoms with van der Waals surface area (Å²) in [7, 11) is 3.53. The Bertz CT molecular complexity index is 294. The molecular formula is C10H18N4O. The van der Waals surface area contributed by atoms with Crippen molar-refractivity contribution in [2.24, 2.45) is 0 Å². The van der Waals surface area contributed by atoms with Gasteiger partial charge in [0.2, 0.25) is 5.91 Å². The SMILES string of the molecule is CC(NCCC(=O)N(C)C)c1ccn[nH]1. The van der Waals surface area contributed by atoms with Crippen LogP contribution in [0.1, 0.15) is 25.1 Å². The second-order valence-electron chi connectivity index (χ2n) is 3.73. The Balaban J connectivity index is 2.24. The van der Waals surface area contributed by atoms with Gasteiger partial charge in [-0.25, -0.2) is 0 Å². The van der Waals surface area contributed by atoms with Crippen LogP contribution in [0.3, 0.4) is 0 Å². The van der Waals surface area contributed by atoms with Gasteiger partial charge in [-0.15, -0.1) is 0 Å². The molecule has 0 aromatic carbocycles. The molecule has 1 aromatic rings. The molecule has 0 aliphatic carbocycles. The van der Waals surface area contributed by atoms with E-state index in [1.807, 2.05) is 13.0 Å². The summed E-state index contributed by atoms with van der Waals surface area (Å²) in [6.45, 7) is 2.71. The summed E-state index contributed by atoms with van der Waals surface area (Å²) in [4.78, 5) is 12.9. The van der Waals surface area contributed by atoms with Gasteiger partial charge in [0.15, 0.2) is 0 Å². The highest BCUT2D eigenvalue weighted by Gasteiger charge is 2.07. The van der Waals surface area contributed by atoms with Crippen LogP contribution >= 0.6 is 0 Å². The lowest BCUT2D eigenvalue weighted by Crippen LogP contribution is -2.28. The number of hydrogen-bond donors (Lipinski definition) is 2. The van der Waals surface area contributed by atoms with Crippen LogP contribution in [0.2, 0.25) is 0 Å². The third-order valence-corrected chi connectivity index (χ3v) is 2.28. The Morgan fingerprint density at radius 1 is 1.67 bits per heavy atom. The number of nitrogens with zero attached hydrogens (tertiary/aromatic N) is 2. The van der Waals surface area contributed by atoms with Crippen LogP contribution in [-0.4, -0.2) is 41.6 Å². The lowest BCUT2D eigenvalue weighted by Gasteiger charge is -2.13. The van der Waals surface area contributed by atoms with Gasteiger partial charge >= 0.3 is 0 Å². The van der Waals surface area contributed by atoms with Crippen molar-refractivity contribution < 1.29 is 4.79 Å². The molecular weight excluding hydrogens is 192 g/mol. The normalized spacial score (nSPS) is 12.5. The zero-order valence-electron chi connectivity index (χ0n) is 9.45. The van der Waals surface area contributed by atoms with Crippen molar-refractivity contribution in [1.82, 2.24) is 20.4 Å². The van der Waals surface area contributed by atoms with E-state index in [1.54, 1.807) is 25.2 Å². The molecule has 0 saturated heterocycles. The molecule has 1 heterocycles. The highest BCUT2D eigenvalue weighted by molar-refractivity contribution is 5.75. The summed E-state index contributed by atoms with van der Waals surface area (Å²) in [5.41, 5.74) is 1.03. The summed E-state index contributed by atoms with van der Waals surface area (Å²) < 4.78 is 0. The number of rotatable bonds is 5. The Kier molecular flexibility index (Phi) is 4.30. The number of hydrogen-bond acceptors (Lipinski definition) is 3. The largest absolute Gasteiger partial charge is 0.349 e. The third-order valence-electron chi connectivity index (χ3n) is 2.28. The lowest BCUT2D eigenvalue weighted by molar-refractivity contribution is -0.128. The van der Waals surface area contributed by atoms with E-state index in [2.05, 4.69) is 15.5 Å². The summed E-state index contributed by atoms with van der Waals surface area (Å²) in [5, 5.41) is 10.0. The minimum atomic E-state index is 0.138. The fourth-order valence-corrected chi connectivity index (χ4v) is 1.24. The maximum absolute atomic E-state index is 11.3. The van der Waals surface area contributed by atoms with Crippen molar-refractivity contribution in [2.45, 2.75) is 19.4 Å². The molecule has 0 bridgehead atoms. The van der Waals surface area contributed by atoms with Crippen LogP contribution in [0.25, 0.3) is 0 Å². The van der Waals surface area contributed by atoms with Gasteiger partial charge in [0.05, 0.1) is 5.69 Å². The summed E-state index contributed by atoms with van der Waals surface area (Å²) >= 11 is 0. The number of amides is 1. The molecule has 1 aromatic heterocycles. The van der Waals surface area contributed by atoms with Gasteiger partial charge in [-0.05, 0) is 13.0 Å². The molecule has 1 atom stereocenters. The molecule has 0 aliphatic heterocycles. The third kappa shape index (κ3) is 3.71. The average Bonchev–Trinajstić information content (AvgIpc) is 2.70. The van der Waals surface area contributed by atoms with Crippen LogP contribution < -0.4 is 5.32 Å². The standard InChI is InChI=1S/C10H18N4O/c1-8(9-4-7-12-13-9)11-6-5-10(15)14(2)3/h4,7-8,11H,5-6H2,1-3H3,(H,12,13). The number of aromatic nitrogens is 2. The molecule has 84 valence electrons. The van der Waals surface area contributed by atoms with Crippen LogP contribution in [0.5, 0.6) is 0 Å². The van der Waals surface area contributed by atoms with E-state index >= 15 is 0 Å². The van der Waals surface area contributed by atoms with Crippen molar-refractivity contribution >= 4 is 5.91 Å². The van der Waals surface area contributed by atoms with E-state index in [4.69, 9.17) is 0 Å². The average molecular weight is 210 g/mol. The molecule has 2 N–H and O–H groups in total. The molecule has 5 heteroatoms. The summed E-state index contributed by atoms with van der Waals surface area (Å²) in [5.74, 6) is 0.138. The molecule has 0 saturated carbocycles. The van der Waals surface area contributed by atoms with Crippen molar-refractivity contribution in [3.63, 3.8) is 0 Å². The number of H-pyrrole nitrogens is 1. The number of aromatic amines is 1. The topological polar surface area (TPSA) is 61.0 Å². The quantitative estimate of drug-likeness (QED) is 0.745. The van der Waals surface area contributed by atoms with Gasteiger partial charge < -0.3 is 10.2 Å². The number of carbonyl (C=O) groups excluding carboxylic acids is 1. The maximum Gasteiger partial charge on any atom is 0.223 e. The van der Waals surface area contributed by atoms with E-state index in [0.29, 0.717) is 13.0 Å². The molecule has 1 rings (SSSR count). The van der Waals surface area contributed by atoms with Gasteiger partial charge in [-0.2, -0.15) is 5.10 Å². The minimum Gasteiger partial charge on any atom is -0.349 e. The van der Waals surface area contributed by atoms with Crippen LogP contribution in [0.4, 0.5) is 0 Å². The monoisotopic (exact) mass is 210 g/mol. The Hall–Kier alpha value is -1.36. The highest BCUT2D eigenvalue weighted by atomic mass is 16.2. The van der Waals surface area contributed by atoms with E-state index in [1.165, 1.54) is 0 Å². The summed E-state index contributed by atoms with van der Waals surface area (Å²) in [6, 6.07) is 2.12. The van der Waals surface area contributed by atoms with E-state index < -0.39 is 0 Å². The predicted octanol–water partition coefficient (Wildman–Crippen LogP) is 0.539. The number of nitrogens with one attached hydrogen (secondary N) is 2. The first-order valence-electron chi connectivity index (χ1n) is 5.04. The van der Waals surface area contributed by atoms with E-state index in [9.17, 15) is 4.79 Å². The molecule has 0 radical (unpaired) electrons. The first kappa shape index (κ1) is 11.7. The molecule has 15 heavy (non-hydrogen) atoms. The van der Waals surface area contributed by atoms with Crippen LogP contribution in [-0.2, 0) is 4.79 Å². The predicted molar refractivity (Wildman–Crippen MR) is 58.3 cm³/mol. The molecule has 5 nitrogen and oxygen atoms in total. The molecule has 0 spiro atoms. The number of carbonyl (C=O) groups is 1. The Labute approximate surface area is 89.9 Å². The van der Waals surface area contributed by atoms with E-state index in [-0.39, 0.29) is 11.9 Å². The van der Waals surface area contributed by atoms with E-state index in [0.717, 1.165) is 5.69 Å². The van der Waals surface area contributed by atoms with Crippen LogP contribution in [0.15, 0.2) is 12.3 Å². The second-order valence-corrected chi connectivity index (χ2v) is 3.73. The first-order valence-corrected chi connectivity index (χ1v) is 5.04. The minimum absolute atomic E-state index is 0.138. The molecule has 0 aliphatic rings. The van der Waals surface area contributed by atoms with Gasteiger partial charge in [0.25, 0.3) is 0 Å². The van der Waals surface area contributed by atoms with Crippen molar-refractivity contribution in [1.29, 1.82) is 0 Å². The smallest absolute Gasteiger partial charge is 0.223 e. The van der Waals surface area contributed by atoms with Crippen molar-refractivity contribution in [3.05, 3.63) is 18.0 Å². The summed E-state index contributed by atoms with van der Waals surface area (Å²) in [6.07, 6.45) is 2.24. The second kappa shape index (κ2) is 5.50. The fraction of sp³-hybridized carbons (Fsp3) is 0.600. The Morgan fingerprint density at radius 3 is 2.93 bits per heavy atom. The first-order chi connectivity index (χ1) is 7.11. The van der Waals surface area contributed by atoms with Crippen LogP contribution in [0, 0.1) is 0 Å². The molecule has 0 fully saturated rings. The molecule has 1 amide bonds. The van der Waals surface area contributed by atoms with Gasteiger partial charge in [0.1, 0.15) is 0 Å². The molecule has 1 unspecified atom stereocenters. The fourth-order valence-electron chi connectivity index (χ4n) is 1.24. The van der Waals surface area contributed by atoms with Gasteiger partial charge in [0, 0.05) is 39.3 Å². The lowest BCUT2D eigenvalue weighted by atomic mass is 10.2. The van der Waals surface area contributed by atoms with Gasteiger partial charge in [-0.1, -0.05) is 0 Å². The maximum atomic E-state index is 11.3. The zero-order chi connectivity index (χ0) is 11.3. The van der Waals surface area contributed by atoms with Gasteiger partial charge in [-0.3, -0.25) is 9.89 Å². The van der Waals surface area contributed by atoms with Crippen molar-refractivity contribution in [3.8, 4) is 0 Å².